The van der Waals surface area contributed by atoms with Crippen LogP contribution in [0.3, 0.4) is 0 Å². The first-order chi connectivity index (χ1) is 10.2. The molecule has 0 N–H and O–H groups in total. The Hall–Kier alpha value is -2.50. The van der Waals surface area contributed by atoms with Crippen LogP contribution in [-0.2, 0) is 0 Å². The zero-order chi connectivity index (χ0) is 14.8. The normalized spacial score (nSPS) is 18.8. The fourth-order valence-electron chi connectivity index (χ4n) is 2.54. The first-order valence-electron chi connectivity index (χ1n) is 6.84. The highest BCUT2D eigenvalue weighted by Gasteiger charge is 2.32. The third-order valence-electron chi connectivity index (χ3n) is 3.64. The van der Waals surface area contributed by atoms with Gasteiger partial charge in [-0.15, -0.1) is 0 Å². The van der Waals surface area contributed by atoms with Crippen LogP contribution in [0.15, 0.2) is 45.6 Å². The van der Waals surface area contributed by atoms with Gasteiger partial charge in [-0.2, -0.15) is 0 Å². The molecule has 6 nitrogen and oxygen atoms in total. The lowest BCUT2D eigenvalue weighted by Crippen LogP contribution is -2.55. The average molecular weight is 288 g/mol. The molecule has 0 saturated carbocycles. The van der Waals surface area contributed by atoms with Crippen molar-refractivity contribution in [2.45, 2.75) is 13.0 Å². The van der Waals surface area contributed by atoms with Gasteiger partial charge < -0.3 is 18.6 Å². The monoisotopic (exact) mass is 288 g/mol. The van der Waals surface area contributed by atoms with Crippen LogP contribution in [0.25, 0.3) is 0 Å². The van der Waals surface area contributed by atoms with Crippen LogP contribution in [0.4, 0.5) is 0 Å². The van der Waals surface area contributed by atoms with Crippen molar-refractivity contribution >= 4 is 11.8 Å². The molecule has 3 rings (SSSR count). The average Bonchev–Trinajstić information content (AvgIpc) is 3.18. The first-order valence-corrected chi connectivity index (χ1v) is 6.84. The van der Waals surface area contributed by atoms with Crippen LogP contribution in [0.5, 0.6) is 0 Å². The minimum atomic E-state index is -0.142. The molecule has 0 spiro atoms. The van der Waals surface area contributed by atoms with Crippen molar-refractivity contribution in [2.75, 3.05) is 19.6 Å². The molecule has 0 bridgehead atoms. The van der Waals surface area contributed by atoms with E-state index in [1.54, 1.807) is 34.1 Å². The van der Waals surface area contributed by atoms with Crippen LogP contribution in [0.1, 0.15) is 28.0 Å². The molecule has 2 aromatic heterocycles. The fourth-order valence-corrected chi connectivity index (χ4v) is 2.54. The maximum Gasteiger partial charge on any atom is 0.289 e. The maximum absolute atomic E-state index is 12.3. The summed E-state index contributed by atoms with van der Waals surface area (Å²) in [7, 11) is 0. The minimum absolute atomic E-state index is 0.0738. The predicted molar refractivity (Wildman–Crippen MR) is 73.8 cm³/mol. The number of furan rings is 2. The molecule has 1 fully saturated rings. The molecule has 2 amide bonds. The quantitative estimate of drug-likeness (QED) is 0.846. The molecule has 1 aliphatic rings. The van der Waals surface area contributed by atoms with Crippen molar-refractivity contribution in [2.24, 2.45) is 0 Å². The Bertz CT molecular complexity index is 618. The van der Waals surface area contributed by atoms with Crippen LogP contribution in [0, 0.1) is 0 Å². The van der Waals surface area contributed by atoms with E-state index in [9.17, 15) is 9.59 Å². The van der Waals surface area contributed by atoms with E-state index in [-0.39, 0.29) is 17.9 Å². The molecule has 0 aliphatic carbocycles. The van der Waals surface area contributed by atoms with E-state index in [1.807, 2.05) is 6.92 Å². The summed E-state index contributed by atoms with van der Waals surface area (Å²) >= 11 is 0. The van der Waals surface area contributed by atoms with Crippen molar-refractivity contribution < 1.29 is 18.4 Å². The van der Waals surface area contributed by atoms with Crippen LogP contribution in [-0.4, -0.2) is 47.3 Å². The SMILES string of the molecule is CC1CN(C(=O)c2ccco2)CCN1C(=O)c1ccco1. The van der Waals surface area contributed by atoms with Gasteiger partial charge in [0.05, 0.1) is 12.5 Å². The molecule has 1 unspecified atom stereocenters. The molecule has 1 aliphatic heterocycles. The summed E-state index contributed by atoms with van der Waals surface area (Å²) in [6.45, 7) is 3.36. The van der Waals surface area contributed by atoms with Crippen molar-refractivity contribution in [1.29, 1.82) is 0 Å². The molecular weight excluding hydrogens is 272 g/mol. The van der Waals surface area contributed by atoms with Crippen molar-refractivity contribution in [3.05, 3.63) is 48.3 Å². The Morgan fingerprint density at radius 2 is 1.67 bits per heavy atom. The highest BCUT2D eigenvalue weighted by Crippen LogP contribution is 2.16. The Kier molecular flexibility index (Phi) is 3.51. The Labute approximate surface area is 121 Å². The molecule has 1 saturated heterocycles. The highest BCUT2D eigenvalue weighted by atomic mass is 16.3. The minimum Gasteiger partial charge on any atom is -0.459 e. The van der Waals surface area contributed by atoms with E-state index in [1.165, 1.54) is 12.5 Å². The lowest BCUT2D eigenvalue weighted by molar-refractivity contribution is 0.0381. The van der Waals surface area contributed by atoms with Crippen LogP contribution >= 0.6 is 0 Å². The van der Waals surface area contributed by atoms with Crippen LogP contribution in [0.2, 0.25) is 0 Å². The zero-order valence-electron chi connectivity index (χ0n) is 11.7. The van der Waals surface area contributed by atoms with Gasteiger partial charge in [0.2, 0.25) is 0 Å². The number of piperazine rings is 1. The van der Waals surface area contributed by atoms with Gasteiger partial charge >= 0.3 is 0 Å². The summed E-state index contributed by atoms with van der Waals surface area (Å²) in [6, 6.07) is 6.60. The van der Waals surface area contributed by atoms with E-state index in [0.717, 1.165) is 0 Å². The highest BCUT2D eigenvalue weighted by molar-refractivity contribution is 5.93. The Morgan fingerprint density at radius 3 is 2.19 bits per heavy atom. The number of hydrogen-bond donors (Lipinski definition) is 0. The number of amides is 2. The van der Waals surface area contributed by atoms with Gasteiger partial charge in [0.25, 0.3) is 11.8 Å². The first kappa shape index (κ1) is 13.5. The Morgan fingerprint density at radius 1 is 1.05 bits per heavy atom. The summed E-state index contributed by atoms with van der Waals surface area (Å²) in [4.78, 5) is 27.9. The van der Waals surface area contributed by atoms with Gasteiger partial charge in [-0.05, 0) is 31.2 Å². The van der Waals surface area contributed by atoms with E-state index in [0.29, 0.717) is 31.2 Å². The summed E-state index contributed by atoms with van der Waals surface area (Å²) < 4.78 is 10.3. The summed E-state index contributed by atoms with van der Waals surface area (Å²) in [6.07, 6.45) is 2.96. The second-order valence-corrected chi connectivity index (χ2v) is 5.05. The largest absolute Gasteiger partial charge is 0.459 e. The van der Waals surface area contributed by atoms with Crippen LogP contribution < -0.4 is 0 Å². The lowest BCUT2D eigenvalue weighted by Gasteiger charge is -2.39. The third kappa shape index (κ3) is 2.56. The molecule has 6 heteroatoms. The molecule has 2 aromatic rings. The van der Waals surface area contributed by atoms with Crippen molar-refractivity contribution in [1.82, 2.24) is 9.80 Å². The maximum atomic E-state index is 12.3. The number of hydrogen-bond acceptors (Lipinski definition) is 4. The predicted octanol–water partition coefficient (Wildman–Crippen LogP) is 1.86. The lowest BCUT2D eigenvalue weighted by atomic mass is 10.1. The van der Waals surface area contributed by atoms with Crippen molar-refractivity contribution in [3.8, 4) is 0 Å². The van der Waals surface area contributed by atoms with E-state index >= 15 is 0 Å². The molecule has 0 radical (unpaired) electrons. The number of rotatable bonds is 2. The number of carbonyl (C=O) groups is 2. The van der Waals surface area contributed by atoms with Gasteiger partial charge in [0.15, 0.2) is 11.5 Å². The smallest absolute Gasteiger partial charge is 0.289 e. The van der Waals surface area contributed by atoms with Gasteiger partial charge in [-0.1, -0.05) is 0 Å². The van der Waals surface area contributed by atoms with Gasteiger partial charge in [0.1, 0.15) is 0 Å². The number of nitrogens with zero attached hydrogens (tertiary/aromatic N) is 2. The number of carbonyl (C=O) groups excluding carboxylic acids is 2. The molecule has 21 heavy (non-hydrogen) atoms. The van der Waals surface area contributed by atoms with E-state index < -0.39 is 0 Å². The van der Waals surface area contributed by atoms with Gasteiger partial charge in [-0.3, -0.25) is 9.59 Å². The van der Waals surface area contributed by atoms with Gasteiger partial charge in [0, 0.05) is 25.7 Å². The summed E-state index contributed by atoms with van der Waals surface area (Å²) in [5.74, 6) is 0.371. The van der Waals surface area contributed by atoms with E-state index in [2.05, 4.69) is 0 Å². The van der Waals surface area contributed by atoms with Crippen molar-refractivity contribution in [3.63, 3.8) is 0 Å². The molecule has 3 heterocycles. The topological polar surface area (TPSA) is 66.9 Å². The summed E-state index contributed by atoms with van der Waals surface area (Å²) in [5, 5.41) is 0. The third-order valence-corrected chi connectivity index (χ3v) is 3.64. The fraction of sp³-hybridized carbons (Fsp3) is 0.333. The summed E-state index contributed by atoms with van der Waals surface area (Å²) in [5.41, 5.74) is 0. The molecule has 0 aromatic carbocycles. The Balaban J connectivity index is 1.67. The molecule has 1 atom stereocenters. The second kappa shape index (κ2) is 5.47. The zero-order valence-corrected chi connectivity index (χ0v) is 11.7. The standard InChI is InChI=1S/C15H16N2O4/c1-11-10-16(14(18)12-4-2-8-20-12)6-7-17(11)15(19)13-5-3-9-21-13/h2-5,8-9,11H,6-7,10H2,1H3. The molecule has 110 valence electrons. The molecular formula is C15H16N2O4. The second-order valence-electron chi connectivity index (χ2n) is 5.05. The van der Waals surface area contributed by atoms with E-state index in [4.69, 9.17) is 8.83 Å². The van der Waals surface area contributed by atoms with Gasteiger partial charge in [-0.25, -0.2) is 0 Å².